The average Bonchev–Trinajstić information content (AvgIpc) is 2.62. The molecule has 0 unspecified atom stereocenters. The van der Waals surface area contributed by atoms with Crippen LogP contribution in [0.5, 0.6) is 0 Å². The minimum atomic E-state index is -0.169. The lowest BCUT2D eigenvalue weighted by Crippen LogP contribution is -2.47. The van der Waals surface area contributed by atoms with Gasteiger partial charge in [-0.2, -0.15) is 0 Å². The van der Waals surface area contributed by atoms with Crippen molar-refractivity contribution in [2.45, 2.75) is 46.6 Å². The molecule has 0 bridgehead atoms. The number of nitrogens with one attached hydrogen (secondary N) is 1. The van der Waals surface area contributed by atoms with E-state index in [0.29, 0.717) is 0 Å². The summed E-state index contributed by atoms with van der Waals surface area (Å²) in [7, 11) is 0. The van der Waals surface area contributed by atoms with Crippen LogP contribution in [0.2, 0.25) is 0 Å². The molecule has 1 amide bonds. The van der Waals surface area contributed by atoms with Crippen molar-refractivity contribution in [1.29, 1.82) is 5.41 Å². The fourth-order valence-electron chi connectivity index (χ4n) is 1.97. The Morgan fingerprint density at radius 1 is 1.50 bits per heavy atom. The maximum Gasteiger partial charge on any atom is 0.226 e. The Morgan fingerprint density at radius 2 is 2.06 bits per heavy atom. The quantitative estimate of drug-likeness (QED) is 0.553. The molecule has 1 aliphatic rings. The highest BCUT2D eigenvalue weighted by Crippen LogP contribution is 2.29. The maximum atomic E-state index is 12.3. The summed E-state index contributed by atoms with van der Waals surface area (Å²) >= 11 is 0. The lowest BCUT2D eigenvalue weighted by Gasteiger charge is -2.32. The van der Waals surface area contributed by atoms with Crippen LogP contribution >= 0.6 is 0 Å². The van der Waals surface area contributed by atoms with Gasteiger partial charge in [-0.15, -0.1) is 0 Å². The van der Waals surface area contributed by atoms with Gasteiger partial charge in [-0.3, -0.25) is 10.2 Å². The predicted molar refractivity (Wildman–Crippen MR) is 65.3 cm³/mol. The molecular weight excluding hydrogens is 202 g/mol. The largest absolute Gasteiger partial charge is 0.386 e. The van der Waals surface area contributed by atoms with Crippen LogP contribution in [-0.2, 0) is 4.79 Å². The van der Waals surface area contributed by atoms with E-state index in [-0.39, 0.29) is 29.1 Å². The molecule has 16 heavy (non-hydrogen) atoms. The zero-order valence-corrected chi connectivity index (χ0v) is 10.7. The van der Waals surface area contributed by atoms with Crippen LogP contribution in [-0.4, -0.2) is 29.2 Å². The molecule has 0 radical (unpaired) electrons. The molecule has 0 aliphatic carbocycles. The number of nitrogens with two attached hydrogens (primary N) is 1. The third kappa shape index (κ3) is 2.54. The molecule has 0 aromatic heterocycles. The van der Waals surface area contributed by atoms with Crippen LogP contribution in [0.3, 0.4) is 0 Å². The summed E-state index contributed by atoms with van der Waals surface area (Å²) in [5.41, 5.74) is 5.48. The van der Waals surface area contributed by atoms with Crippen LogP contribution in [0.15, 0.2) is 0 Å². The number of likely N-dealkylation sites (tertiary alicyclic amines) is 1. The summed E-state index contributed by atoms with van der Waals surface area (Å²) in [5.74, 6) is 0.213. The van der Waals surface area contributed by atoms with E-state index in [2.05, 4.69) is 20.8 Å². The van der Waals surface area contributed by atoms with Crippen LogP contribution in [0.4, 0.5) is 0 Å². The normalized spacial score (nSPS) is 23.2. The molecule has 1 aliphatic heterocycles. The van der Waals surface area contributed by atoms with E-state index in [0.717, 1.165) is 19.4 Å². The minimum Gasteiger partial charge on any atom is -0.386 e. The van der Waals surface area contributed by atoms with Crippen LogP contribution in [0, 0.1) is 16.7 Å². The van der Waals surface area contributed by atoms with Crippen molar-refractivity contribution < 1.29 is 4.79 Å². The van der Waals surface area contributed by atoms with Crippen molar-refractivity contribution in [2.75, 3.05) is 6.54 Å². The standard InChI is InChI=1S/C12H23N3O/c1-8(12(2,3)4)11(16)15-7-5-6-9(15)10(13)14/h8-9H,5-7H2,1-4H3,(H3,13,14)/t8-,9+/m1/s1. The molecule has 1 fully saturated rings. The number of carbonyl (C=O) groups excluding carboxylic acids is 1. The zero-order chi connectivity index (χ0) is 12.5. The molecular formula is C12H23N3O. The van der Waals surface area contributed by atoms with Gasteiger partial charge in [-0.1, -0.05) is 27.7 Å². The molecule has 92 valence electrons. The zero-order valence-electron chi connectivity index (χ0n) is 10.7. The van der Waals surface area contributed by atoms with Gasteiger partial charge in [0.1, 0.15) is 5.84 Å². The summed E-state index contributed by atoms with van der Waals surface area (Å²) in [4.78, 5) is 14.1. The molecule has 0 aromatic carbocycles. The first-order valence-electron chi connectivity index (χ1n) is 5.89. The van der Waals surface area contributed by atoms with E-state index >= 15 is 0 Å². The predicted octanol–water partition coefficient (Wildman–Crippen LogP) is 1.60. The van der Waals surface area contributed by atoms with Crippen molar-refractivity contribution in [3.8, 4) is 0 Å². The van der Waals surface area contributed by atoms with Crippen molar-refractivity contribution >= 4 is 11.7 Å². The summed E-state index contributed by atoms with van der Waals surface area (Å²) in [6.07, 6.45) is 1.78. The van der Waals surface area contributed by atoms with Gasteiger partial charge in [0, 0.05) is 12.5 Å². The van der Waals surface area contributed by atoms with Gasteiger partial charge in [0.15, 0.2) is 0 Å². The number of carbonyl (C=O) groups is 1. The smallest absolute Gasteiger partial charge is 0.226 e. The topological polar surface area (TPSA) is 70.2 Å². The highest BCUT2D eigenvalue weighted by molar-refractivity contribution is 5.89. The fourth-order valence-corrected chi connectivity index (χ4v) is 1.97. The van der Waals surface area contributed by atoms with E-state index in [1.165, 1.54) is 0 Å². The van der Waals surface area contributed by atoms with Gasteiger partial charge < -0.3 is 10.6 Å². The van der Waals surface area contributed by atoms with Crippen LogP contribution in [0.1, 0.15) is 40.5 Å². The second-order valence-electron chi connectivity index (χ2n) is 5.73. The number of hydrogen-bond acceptors (Lipinski definition) is 2. The van der Waals surface area contributed by atoms with E-state index in [4.69, 9.17) is 11.1 Å². The Labute approximate surface area is 97.7 Å². The van der Waals surface area contributed by atoms with Gasteiger partial charge in [-0.25, -0.2) is 0 Å². The molecule has 1 saturated heterocycles. The second kappa shape index (κ2) is 4.44. The molecule has 4 nitrogen and oxygen atoms in total. The van der Waals surface area contributed by atoms with Gasteiger partial charge in [0.05, 0.1) is 6.04 Å². The molecule has 3 N–H and O–H groups in total. The third-order valence-corrected chi connectivity index (χ3v) is 3.56. The third-order valence-electron chi connectivity index (χ3n) is 3.56. The Balaban J connectivity index is 2.77. The summed E-state index contributed by atoms with van der Waals surface area (Å²) < 4.78 is 0. The number of nitrogens with zero attached hydrogens (tertiary/aromatic N) is 1. The number of hydrogen-bond donors (Lipinski definition) is 2. The first kappa shape index (κ1) is 13.0. The molecule has 0 spiro atoms. The lowest BCUT2D eigenvalue weighted by atomic mass is 9.81. The lowest BCUT2D eigenvalue weighted by molar-refractivity contribution is -0.138. The Hall–Kier alpha value is -1.06. The molecule has 1 heterocycles. The Bertz CT molecular complexity index is 293. The first-order valence-corrected chi connectivity index (χ1v) is 5.89. The fraction of sp³-hybridized carbons (Fsp3) is 0.833. The van der Waals surface area contributed by atoms with Gasteiger partial charge in [0.25, 0.3) is 0 Å². The minimum absolute atomic E-state index is 0.0348. The van der Waals surface area contributed by atoms with Gasteiger partial charge in [0.2, 0.25) is 5.91 Å². The molecule has 1 rings (SSSR count). The Morgan fingerprint density at radius 3 is 2.50 bits per heavy atom. The number of amides is 1. The van der Waals surface area contributed by atoms with Crippen LogP contribution < -0.4 is 5.73 Å². The van der Waals surface area contributed by atoms with Gasteiger partial charge in [-0.05, 0) is 18.3 Å². The monoisotopic (exact) mass is 225 g/mol. The van der Waals surface area contributed by atoms with Crippen molar-refractivity contribution in [3.05, 3.63) is 0 Å². The van der Waals surface area contributed by atoms with E-state index < -0.39 is 0 Å². The second-order valence-corrected chi connectivity index (χ2v) is 5.73. The molecule has 0 saturated carbocycles. The van der Waals surface area contributed by atoms with Gasteiger partial charge >= 0.3 is 0 Å². The summed E-state index contributed by atoms with van der Waals surface area (Å²) in [6, 6.07) is -0.169. The average molecular weight is 225 g/mol. The number of rotatable bonds is 2. The van der Waals surface area contributed by atoms with Crippen molar-refractivity contribution in [2.24, 2.45) is 17.1 Å². The first-order chi connectivity index (χ1) is 7.25. The van der Waals surface area contributed by atoms with Crippen molar-refractivity contribution in [1.82, 2.24) is 4.90 Å². The number of amidine groups is 1. The molecule has 2 atom stereocenters. The highest BCUT2D eigenvalue weighted by Gasteiger charge is 2.36. The van der Waals surface area contributed by atoms with E-state index in [1.54, 1.807) is 4.90 Å². The SMILES string of the molecule is C[C@H](C(=O)N1CCC[C@H]1C(=N)N)C(C)(C)C. The summed E-state index contributed by atoms with van der Waals surface area (Å²) in [5, 5.41) is 7.50. The van der Waals surface area contributed by atoms with Crippen molar-refractivity contribution in [3.63, 3.8) is 0 Å². The van der Waals surface area contributed by atoms with Crippen LogP contribution in [0.25, 0.3) is 0 Å². The molecule has 4 heteroatoms. The Kier molecular flexibility index (Phi) is 3.61. The molecule has 0 aromatic rings. The highest BCUT2D eigenvalue weighted by atomic mass is 16.2. The summed E-state index contributed by atoms with van der Waals surface area (Å²) in [6.45, 7) is 8.89. The maximum absolute atomic E-state index is 12.3. The van der Waals surface area contributed by atoms with E-state index in [9.17, 15) is 4.79 Å². The van der Waals surface area contributed by atoms with E-state index in [1.807, 2.05) is 6.92 Å².